The number of alkyl halides is 1. The quantitative estimate of drug-likeness (QED) is 0.852. The molecule has 8 heteroatoms. The smallest absolute Gasteiger partial charge is 0.232 e. The maximum absolute atomic E-state index is 11.8. The fourth-order valence-electron chi connectivity index (χ4n) is 1.84. The number of anilines is 1. The summed E-state index contributed by atoms with van der Waals surface area (Å²) in [5, 5.41) is 5.07. The molecule has 104 valence electrons. The molecule has 0 amide bonds. The van der Waals surface area contributed by atoms with E-state index in [4.69, 9.17) is 11.6 Å². The van der Waals surface area contributed by atoms with Crippen molar-refractivity contribution >= 4 is 38.3 Å². The summed E-state index contributed by atoms with van der Waals surface area (Å²) in [6.07, 6.45) is 1.90. The van der Waals surface area contributed by atoms with Crippen LogP contribution in [0.25, 0.3) is 11.0 Å². The predicted molar refractivity (Wildman–Crippen MR) is 76.0 cm³/mol. The molecule has 0 spiro atoms. The summed E-state index contributed by atoms with van der Waals surface area (Å²) in [6.45, 7) is 1.86. The first-order valence-corrected chi connectivity index (χ1v) is 7.97. The van der Waals surface area contributed by atoms with Gasteiger partial charge in [0.05, 0.1) is 23.3 Å². The van der Waals surface area contributed by atoms with Crippen molar-refractivity contribution in [1.82, 2.24) is 14.8 Å². The maximum atomic E-state index is 11.8. The molecule has 0 aliphatic rings. The van der Waals surface area contributed by atoms with Crippen molar-refractivity contribution in [2.75, 3.05) is 16.4 Å². The molecule has 2 aromatic rings. The van der Waals surface area contributed by atoms with Gasteiger partial charge < -0.3 is 0 Å². The lowest BCUT2D eigenvalue weighted by Crippen LogP contribution is -2.17. The van der Waals surface area contributed by atoms with Gasteiger partial charge in [-0.2, -0.15) is 5.10 Å². The Labute approximate surface area is 116 Å². The van der Waals surface area contributed by atoms with E-state index < -0.39 is 10.0 Å². The van der Waals surface area contributed by atoms with Crippen molar-refractivity contribution in [2.24, 2.45) is 7.05 Å². The van der Waals surface area contributed by atoms with Crippen molar-refractivity contribution in [3.05, 3.63) is 18.0 Å². The Hall–Kier alpha value is -1.34. The fourth-order valence-corrected chi connectivity index (χ4v) is 3.23. The lowest BCUT2D eigenvalue weighted by atomic mass is 10.3. The first kappa shape index (κ1) is 14.1. The molecule has 0 unspecified atom stereocenters. The van der Waals surface area contributed by atoms with Gasteiger partial charge in [0.1, 0.15) is 0 Å². The molecule has 0 fully saturated rings. The van der Waals surface area contributed by atoms with E-state index in [-0.39, 0.29) is 5.75 Å². The van der Waals surface area contributed by atoms with Gasteiger partial charge in [-0.1, -0.05) is 0 Å². The minimum atomic E-state index is -3.37. The second kappa shape index (κ2) is 5.34. The van der Waals surface area contributed by atoms with Crippen LogP contribution in [0.2, 0.25) is 0 Å². The molecule has 0 saturated carbocycles. The van der Waals surface area contributed by atoms with Gasteiger partial charge in [0.25, 0.3) is 0 Å². The highest BCUT2D eigenvalue weighted by Crippen LogP contribution is 2.20. The minimum absolute atomic E-state index is 0.000555. The zero-order chi connectivity index (χ0) is 14.0. The molecule has 19 heavy (non-hydrogen) atoms. The van der Waals surface area contributed by atoms with Gasteiger partial charge in [0.15, 0.2) is 5.65 Å². The predicted octanol–water partition coefficient (Wildman–Crippen LogP) is 1.65. The SMILES string of the molecule is Cc1nn(C)c2ncc(NS(=O)(=O)CCCCl)cc12. The Balaban J connectivity index is 2.29. The number of aromatic nitrogens is 3. The molecule has 2 aromatic heterocycles. The number of hydrogen-bond acceptors (Lipinski definition) is 4. The first-order valence-electron chi connectivity index (χ1n) is 5.79. The number of fused-ring (bicyclic) bond motifs is 1. The molecular formula is C11H15ClN4O2S. The summed E-state index contributed by atoms with van der Waals surface area (Å²) < 4.78 is 27.7. The normalized spacial score (nSPS) is 11.9. The Kier molecular flexibility index (Phi) is 3.96. The number of nitrogens with one attached hydrogen (secondary N) is 1. The summed E-state index contributed by atoms with van der Waals surface area (Å²) in [4.78, 5) is 4.21. The van der Waals surface area contributed by atoms with Crippen LogP contribution in [0.1, 0.15) is 12.1 Å². The van der Waals surface area contributed by atoms with E-state index in [1.165, 1.54) is 6.20 Å². The molecule has 2 rings (SSSR count). The molecule has 2 heterocycles. The molecule has 0 radical (unpaired) electrons. The van der Waals surface area contributed by atoms with E-state index in [1.807, 2.05) is 6.92 Å². The highest BCUT2D eigenvalue weighted by molar-refractivity contribution is 7.92. The van der Waals surface area contributed by atoms with Gasteiger partial charge in [0, 0.05) is 18.3 Å². The van der Waals surface area contributed by atoms with Crippen molar-refractivity contribution < 1.29 is 8.42 Å². The van der Waals surface area contributed by atoms with Gasteiger partial charge in [-0.25, -0.2) is 13.4 Å². The van der Waals surface area contributed by atoms with E-state index in [1.54, 1.807) is 17.8 Å². The van der Waals surface area contributed by atoms with Crippen LogP contribution in [0, 0.1) is 6.92 Å². The van der Waals surface area contributed by atoms with Crippen LogP contribution < -0.4 is 4.72 Å². The average molecular weight is 303 g/mol. The van der Waals surface area contributed by atoms with Crippen LogP contribution in [-0.4, -0.2) is 34.8 Å². The molecule has 0 aromatic carbocycles. The summed E-state index contributed by atoms with van der Waals surface area (Å²) >= 11 is 5.50. The third-order valence-electron chi connectivity index (χ3n) is 2.68. The fraction of sp³-hybridized carbons (Fsp3) is 0.455. The van der Waals surface area contributed by atoms with Crippen LogP contribution >= 0.6 is 11.6 Å². The van der Waals surface area contributed by atoms with Crippen molar-refractivity contribution in [1.29, 1.82) is 0 Å². The summed E-state index contributed by atoms with van der Waals surface area (Å²) in [7, 11) is -1.57. The molecule has 0 bridgehead atoms. The Morgan fingerprint density at radius 1 is 1.47 bits per heavy atom. The van der Waals surface area contributed by atoms with E-state index in [0.29, 0.717) is 18.0 Å². The average Bonchev–Trinajstić information content (AvgIpc) is 2.62. The number of nitrogens with zero attached hydrogens (tertiary/aromatic N) is 3. The molecule has 0 atom stereocenters. The van der Waals surface area contributed by atoms with Crippen molar-refractivity contribution in [3.63, 3.8) is 0 Å². The van der Waals surface area contributed by atoms with Gasteiger partial charge in [-0.3, -0.25) is 9.40 Å². The van der Waals surface area contributed by atoms with Crippen molar-refractivity contribution in [2.45, 2.75) is 13.3 Å². The van der Waals surface area contributed by atoms with Crippen LogP contribution in [0.3, 0.4) is 0 Å². The summed E-state index contributed by atoms with van der Waals surface area (Å²) in [6, 6.07) is 1.74. The molecular weight excluding hydrogens is 288 g/mol. The van der Waals surface area contributed by atoms with E-state index in [2.05, 4.69) is 14.8 Å². The molecule has 0 saturated heterocycles. The molecule has 6 nitrogen and oxygen atoms in total. The number of halogens is 1. The topological polar surface area (TPSA) is 76.9 Å². The Bertz CT molecular complexity index is 696. The Morgan fingerprint density at radius 2 is 2.21 bits per heavy atom. The zero-order valence-electron chi connectivity index (χ0n) is 10.7. The van der Waals surface area contributed by atoms with Crippen LogP contribution in [-0.2, 0) is 17.1 Å². The van der Waals surface area contributed by atoms with E-state index in [0.717, 1.165) is 16.7 Å². The van der Waals surface area contributed by atoms with Crippen molar-refractivity contribution in [3.8, 4) is 0 Å². The van der Waals surface area contributed by atoms with Gasteiger partial charge in [-0.15, -0.1) is 11.6 Å². The third kappa shape index (κ3) is 3.16. The molecule has 1 N–H and O–H groups in total. The summed E-state index contributed by atoms with van der Waals surface area (Å²) in [5.74, 6) is 0.320. The van der Waals surface area contributed by atoms with Gasteiger partial charge >= 0.3 is 0 Å². The van der Waals surface area contributed by atoms with Gasteiger partial charge in [-0.05, 0) is 19.4 Å². The molecule has 0 aliphatic carbocycles. The van der Waals surface area contributed by atoms with Crippen LogP contribution in [0.5, 0.6) is 0 Å². The third-order valence-corrected chi connectivity index (χ3v) is 4.32. The highest BCUT2D eigenvalue weighted by atomic mass is 35.5. The van der Waals surface area contributed by atoms with E-state index in [9.17, 15) is 8.42 Å². The lowest BCUT2D eigenvalue weighted by molar-refractivity contribution is 0.600. The van der Waals surface area contributed by atoms with Gasteiger partial charge in [0.2, 0.25) is 10.0 Å². The largest absolute Gasteiger partial charge is 0.282 e. The maximum Gasteiger partial charge on any atom is 0.232 e. The number of sulfonamides is 1. The molecule has 0 aliphatic heterocycles. The minimum Gasteiger partial charge on any atom is -0.282 e. The number of hydrogen-bond donors (Lipinski definition) is 1. The monoisotopic (exact) mass is 302 g/mol. The van der Waals surface area contributed by atoms with Crippen LogP contribution in [0.4, 0.5) is 5.69 Å². The first-order chi connectivity index (χ1) is 8.93. The second-order valence-corrected chi connectivity index (χ2v) is 6.49. The van der Waals surface area contributed by atoms with Crippen LogP contribution in [0.15, 0.2) is 12.3 Å². The number of pyridine rings is 1. The highest BCUT2D eigenvalue weighted by Gasteiger charge is 2.12. The van der Waals surface area contributed by atoms with E-state index >= 15 is 0 Å². The number of aryl methyl sites for hydroxylation is 2. The Morgan fingerprint density at radius 3 is 2.89 bits per heavy atom. The second-order valence-electron chi connectivity index (χ2n) is 4.27. The standard InChI is InChI=1S/C11H15ClN4O2S/c1-8-10-6-9(7-13-11(10)16(2)14-8)15-19(17,18)5-3-4-12/h6-7,15H,3-5H2,1-2H3. The zero-order valence-corrected chi connectivity index (χ0v) is 12.3. The summed E-state index contributed by atoms with van der Waals surface area (Å²) in [5.41, 5.74) is 1.98. The number of rotatable bonds is 5. The lowest BCUT2D eigenvalue weighted by Gasteiger charge is -2.07.